The van der Waals surface area contributed by atoms with Gasteiger partial charge in [0.15, 0.2) is 0 Å². The van der Waals surface area contributed by atoms with Gasteiger partial charge in [-0.3, -0.25) is 4.79 Å². The molecule has 0 aromatic heterocycles. The van der Waals surface area contributed by atoms with E-state index in [4.69, 9.17) is 23.2 Å². The second kappa shape index (κ2) is 9.54. The zero-order valence-electron chi connectivity index (χ0n) is 15.1. The van der Waals surface area contributed by atoms with Crippen molar-refractivity contribution < 1.29 is 9.59 Å². The molecule has 0 heterocycles. The van der Waals surface area contributed by atoms with E-state index in [0.717, 1.165) is 22.8 Å². The van der Waals surface area contributed by atoms with E-state index < -0.39 is 4.33 Å². The molecule has 1 saturated carbocycles. The third kappa shape index (κ3) is 6.06. The number of hydrogen-bond acceptors (Lipinski definition) is 3. The first kappa shape index (κ1) is 20.8. The number of carbonyl (C=O) groups excluding carboxylic acids is 2. The highest BCUT2D eigenvalue weighted by molar-refractivity contribution is 7.99. The van der Waals surface area contributed by atoms with E-state index in [-0.39, 0.29) is 17.9 Å². The summed E-state index contributed by atoms with van der Waals surface area (Å²) in [6.07, 6.45) is 0.799. The largest absolute Gasteiger partial charge is 0.350 e. The third-order valence-corrected chi connectivity index (χ3v) is 6.42. The van der Waals surface area contributed by atoms with Crippen LogP contribution in [0.3, 0.4) is 0 Å². The number of nitrogens with one attached hydrogen (secondary N) is 3. The fraction of sp³-hybridized carbons (Fsp3) is 0.300. The van der Waals surface area contributed by atoms with Gasteiger partial charge in [0.2, 0.25) is 0 Å². The number of halogens is 2. The molecule has 1 fully saturated rings. The highest BCUT2D eigenvalue weighted by Gasteiger charge is 2.51. The number of carbonyl (C=O) groups is 2. The van der Waals surface area contributed by atoms with E-state index in [1.54, 1.807) is 36.0 Å². The fourth-order valence-corrected chi connectivity index (χ4v) is 4.49. The molecule has 0 radical (unpaired) electrons. The highest BCUT2D eigenvalue weighted by Crippen LogP contribution is 2.55. The second-order valence-corrected chi connectivity index (χ2v) is 9.08. The number of amides is 3. The summed E-state index contributed by atoms with van der Waals surface area (Å²) in [5.74, 6) is 0.911. The molecular weight excluding hydrogens is 417 g/mol. The highest BCUT2D eigenvalue weighted by atomic mass is 35.5. The Morgan fingerprint density at radius 2 is 1.64 bits per heavy atom. The van der Waals surface area contributed by atoms with E-state index >= 15 is 0 Å². The minimum absolute atomic E-state index is 0.167. The Morgan fingerprint density at radius 3 is 2.36 bits per heavy atom. The molecule has 3 amide bonds. The van der Waals surface area contributed by atoms with Gasteiger partial charge in [0.05, 0.1) is 5.69 Å². The van der Waals surface area contributed by atoms with Crippen LogP contribution in [-0.4, -0.2) is 35.1 Å². The molecule has 1 unspecified atom stereocenters. The lowest BCUT2D eigenvalue weighted by molar-refractivity contribution is 0.0954. The van der Waals surface area contributed by atoms with Crippen LogP contribution in [0.1, 0.15) is 16.8 Å². The Bertz CT molecular complexity index is 833. The van der Waals surface area contributed by atoms with Gasteiger partial charge < -0.3 is 16.0 Å². The van der Waals surface area contributed by atoms with Crippen molar-refractivity contribution in [3.05, 3.63) is 60.2 Å². The SMILES string of the molecule is O=C(NCCNC(=O)c1ccccc1)Nc1ccccc1SCC1CC1(Cl)Cl. The van der Waals surface area contributed by atoms with E-state index in [1.807, 2.05) is 30.3 Å². The minimum atomic E-state index is -0.600. The lowest BCUT2D eigenvalue weighted by Gasteiger charge is -2.12. The molecule has 3 rings (SSSR count). The average molecular weight is 438 g/mol. The van der Waals surface area contributed by atoms with Crippen molar-refractivity contribution in [2.24, 2.45) is 5.92 Å². The van der Waals surface area contributed by atoms with Crippen molar-refractivity contribution in [1.29, 1.82) is 0 Å². The summed E-state index contributed by atoms with van der Waals surface area (Å²) in [5.41, 5.74) is 1.32. The number of thioether (sulfide) groups is 1. The fourth-order valence-electron chi connectivity index (χ4n) is 2.55. The van der Waals surface area contributed by atoms with Crippen molar-refractivity contribution in [3.63, 3.8) is 0 Å². The molecule has 8 heteroatoms. The Hall–Kier alpha value is -1.89. The lowest BCUT2D eigenvalue weighted by Crippen LogP contribution is -2.36. The first-order valence-corrected chi connectivity index (χ1v) is 10.7. The van der Waals surface area contributed by atoms with Crippen LogP contribution in [0.5, 0.6) is 0 Å². The van der Waals surface area contributed by atoms with Crippen LogP contribution in [0, 0.1) is 5.92 Å². The number of rotatable bonds is 8. The maximum Gasteiger partial charge on any atom is 0.319 e. The topological polar surface area (TPSA) is 70.2 Å². The summed E-state index contributed by atoms with van der Waals surface area (Å²) in [6.45, 7) is 0.662. The normalized spacial score (nSPS) is 16.9. The van der Waals surface area contributed by atoms with Gasteiger partial charge in [-0.2, -0.15) is 0 Å². The van der Waals surface area contributed by atoms with Gasteiger partial charge in [-0.05, 0) is 30.7 Å². The number of para-hydroxylation sites is 1. The molecule has 2 aromatic carbocycles. The number of urea groups is 1. The standard InChI is InChI=1S/C20H21Cl2N3O2S/c21-20(22)12-15(20)13-28-17-9-5-4-8-16(17)25-19(27)24-11-10-23-18(26)14-6-2-1-3-7-14/h1-9,15H,10-13H2,(H,23,26)(H2,24,25,27). The first-order valence-electron chi connectivity index (χ1n) is 8.93. The second-order valence-electron chi connectivity index (χ2n) is 6.47. The summed E-state index contributed by atoms with van der Waals surface area (Å²) >= 11 is 13.8. The zero-order chi connectivity index (χ0) is 20.0. The quantitative estimate of drug-likeness (QED) is 0.322. The predicted octanol–water partition coefficient (Wildman–Crippen LogP) is 4.52. The molecule has 5 nitrogen and oxygen atoms in total. The van der Waals surface area contributed by atoms with Crippen LogP contribution in [0.2, 0.25) is 0 Å². The number of alkyl halides is 2. The Morgan fingerprint density at radius 1 is 1.00 bits per heavy atom. The predicted molar refractivity (Wildman–Crippen MR) is 116 cm³/mol. The van der Waals surface area contributed by atoms with Crippen molar-refractivity contribution in [2.75, 3.05) is 24.2 Å². The molecule has 2 aromatic rings. The molecular formula is C20H21Cl2N3O2S. The number of anilines is 1. The average Bonchev–Trinajstić information content (AvgIpc) is 3.31. The molecule has 0 spiro atoms. The lowest BCUT2D eigenvalue weighted by atomic mass is 10.2. The van der Waals surface area contributed by atoms with Crippen molar-refractivity contribution in [1.82, 2.24) is 10.6 Å². The van der Waals surface area contributed by atoms with Crippen LogP contribution in [0.15, 0.2) is 59.5 Å². The van der Waals surface area contributed by atoms with Crippen LogP contribution < -0.4 is 16.0 Å². The van der Waals surface area contributed by atoms with Crippen molar-refractivity contribution >= 4 is 52.6 Å². The maximum absolute atomic E-state index is 12.1. The number of hydrogen-bond donors (Lipinski definition) is 3. The molecule has 28 heavy (non-hydrogen) atoms. The van der Waals surface area contributed by atoms with Gasteiger partial charge in [0.25, 0.3) is 5.91 Å². The van der Waals surface area contributed by atoms with Gasteiger partial charge >= 0.3 is 6.03 Å². The Balaban J connectivity index is 1.40. The Kier molecular flexibility index (Phi) is 7.10. The molecule has 1 atom stereocenters. The zero-order valence-corrected chi connectivity index (χ0v) is 17.4. The van der Waals surface area contributed by atoms with Crippen molar-refractivity contribution in [2.45, 2.75) is 15.6 Å². The third-order valence-electron chi connectivity index (χ3n) is 4.26. The minimum Gasteiger partial charge on any atom is -0.350 e. The van der Waals surface area contributed by atoms with E-state index in [1.165, 1.54) is 0 Å². The summed E-state index contributed by atoms with van der Waals surface area (Å²) in [5, 5.41) is 8.35. The molecule has 1 aliphatic rings. The Labute approximate surface area is 178 Å². The summed E-state index contributed by atoms with van der Waals surface area (Å²) < 4.78 is -0.600. The number of benzene rings is 2. The van der Waals surface area contributed by atoms with Gasteiger partial charge in [0, 0.05) is 35.2 Å². The van der Waals surface area contributed by atoms with Gasteiger partial charge in [-0.15, -0.1) is 35.0 Å². The summed E-state index contributed by atoms with van der Waals surface area (Å²) in [7, 11) is 0. The van der Waals surface area contributed by atoms with Gasteiger partial charge in [-0.25, -0.2) is 4.79 Å². The van der Waals surface area contributed by atoms with Crippen LogP contribution in [-0.2, 0) is 0 Å². The van der Waals surface area contributed by atoms with E-state index in [2.05, 4.69) is 16.0 Å². The molecule has 148 valence electrons. The molecule has 0 aliphatic heterocycles. The first-order chi connectivity index (χ1) is 13.5. The monoisotopic (exact) mass is 437 g/mol. The van der Waals surface area contributed by atoms with Crippen LogP contribution in [0.4, 0.5) is 10.5 Å². The summed E-state index contributed by atoms with van der Waals surface area (Å²) in [4.78, 5) is 25.1. The molecule has 1 aliphatic carbocycles. The van der Waals surface area contributed by atoms with E-state index in [9.17, 15) is 9.59 Å². The van der Waals surface area contributed by atoms with Crippen LogP contribution >= 0.6 is 35.0 Å². The van der Waals surface area contributed by atoms with Crippen molar-refractivity contribution in [3.8, 4) is 0 Å². The maximum atomic E-state index is 12.1. The summed E-state index contributed by atoms with van der Waals surface area (Å²) in [6, 6.07) is 16.2. The molecule has 0 saturated heterocycles. The van der Waals surface area contributed by atoms with E-state index in [0.29, 0.717) is 18.7 Å². The molecule has 3 N–H and O–H groups in total. The van der Waals surface area contributed by atoms with Crippen LogP contribution in [0.25, 0.3) is 0 Å². The van der Waals surface area contributed by atoms with Gasteiger partial charge in [0.1, 0.15) is 4.33 Å². The molecule has 0 bridgehead atoms. The smallest absolute Gasteiger partial charge is 0.319 e. The van der Waals surface area contributed by atoms with Gasteiger partial charge in [-0.1, -0.05) is 30.3 Å².